The molecule has 0 bridgehead atoms. The van der Waals surface area contributed by atoms with Crippen molar-refractivity contribution in [3.8, 4) is 0 Å². The normalized spacial score (nSPS) is 12.2. The van der Waals surface area contributed by atoms with Gasteiger partial charge in [0.2, 0.25) is 5.91 Å². The Kier molecular flexibility index (Phi) is 7.60. The largest absolute Gasteiger partial charge is 0.481 e. The SMILES string of the molecule is CCCN(CCCCC(C)C(=O)O)C(C)=O. The van der Waals surface area contributed by atoms with Crippen molar-refractivity contribution in [2.45, 2.75) is 46.5 Å². The fraction of sp³-hybridized carbons (Fsp3) is 0.833. The van der Waals surface area contributed by atoms with Crippen molar-refractivity contribution in [3.05, 3.63) is 0 Å². The van der Waals surface area contributed by atoms with E-state index in [4.69, 9.17) is 5.11 Å². The maximum Gasteiger partial charge on any atom is 0.306 e. The highest BCUT2D eigenvalue weighted by atomic mass is 16.4. The van der Waals surface area contributed by atoms with Crippen molar-refractivity contribution < 1.29 is 14.7 Å². The monoisotopic (exact) mass is 229 g/mol. The Balaban J connectivity index is 3.70. The van der Waals surface area contributed by atoms with Crippen LogP contribution in [0, 0.1) is 5.92 Å². The predicted molar refractivity (Wildman–Crippen MR) is 63.2 cm³/mol. The number of amides is 1. The zero-order valence-electron chi connectivity index (χ0n) is 10.5. The number of aliphatic carboxylic acids is 1. The molecule has 4 nitrogen and oxygen atoms in total. The van der Waals surface area contributed by atoms with Gasteiger partial charge in [-0.1, -0.05) is 20.3 Å². The molecule has 0 aliphatic carbocycles. The van der Waals surface area contributed by atoms with Gasteiger partial charge in [-0.2, -0.15) is 0 Å². The summed E-state index contributed by atoms with van der Waals surface area (Å²) in [6, 6.07) is 0. The summed E-state index contributed by atoms with van der Waals surface area (Å²) >= 11 is 0. The van der Waals surface area contributed by atoms with Crippen molar-refractivity contribution in [1.29, 1.82) is 0 Å². The number of nitrogens with zero attached hydrogens (tertiary/aromatic N) is 1. The van der Waals surface area contributed by atoms with Gasteiger partial charge in [-0.05, 0) is 19.3 Å². The number of carboxylic acids is 1. The minimum Gasteiger partial charge on any atom is -0.481 e. The molecular formula is C12H23NO3. The molecule has 4 heteroatoms. The maximum absolute atomic E-state index is 11.2. The average Bonchev–Trinajstić information content (AvgIpc) is 2.21. The van der Waals surface area contributed by atoms with Crippen LogP contribution in [0.5, 0.6) is 0 Å². The van der Waals surface area contributed by atoms with Gasteiger partial charge in [0, 0.05) is 20.0 Å². The first-order chi connectivity index (χ1) is 7.49. The van der Waals surface area contributed by atoms with Crippen molar-refractivity contribution in [1.82, 2.24) is 4.90 Å². The zero-order chi connectivity index (χ0) is 12.6. The predicted octanol–water partition coefficient (Wildman–Crippen LogP) is 2.14. The van der Waals surface area contributed by atoms with Crippen LogP contribution >= 0.6 is 0 Å². The van der Waals surface area contributed by atoms with Crippen LogP contribution in [0.4, 0.5) is 0 Å². The van der Waals surface area contributed by atoms with E-state index in [1.165, 1.54) is 0 Å². The van der Waals surface area contributed by atoms with E-state index >= 15 is 0 Å². The molecular weight excluding hydrogens is 206 g/mol. The molecule has 1 N–H and O–H groups in total. The fourth-order valence-corrected chi connectivity index (χ4v) is 1.57. The van der Waals surface area contributed by atoms with E-state index < -0.39 is 5.97 Å². The van der Waals surface area contributed by atoms with Crippen LogP contribution in [0.25, 0.3) is 0 Å². The molecule has 0 aliphatic rings. The number of rotatable bonds is 8. The van der Waals surface area contributed by atoms with Crippen LogP contribution in [0.3, 0.4) is 0 Å². The van der Waals surface area contributed by atoms with Gasteiger partial charge in [-0.3, -0.25) is 9.59 Å². The van der Waals surface area contributed by atoms with E-state index in [-0.39, 0.29) is 11.8 Å². The summed E-state index contributed by atoms with van der Waals surface area (Å²) in [6.45, 7) is 6.88. The summed E-state index contributed by atoms with van der Waals surface area (Å²) in [5, 5.41) is 8.70. The highest BCUT2D eigenvalue weighted by Gasteiger charge is 2.11. The molecule has 0 aromatic carbocycles. The molecule has 0 saturated carbocycles. The molecule has 0 saturated heterocycles. The molecule has 0 heterocycles. The van der Waals surface area contributed by atoms with E-state index in [2.05, 4.69) is 0 Å². The lowest BCUT2D eigenvalue weighted by atomic mass is 10.0. The van der Waals surface area contributed by atoms with Gasteiger partial charge in [-0.25, -0.2) is 0 Å². The highest BCUT2D eigenvalue weighted by Crippen LogP contribution is 2.08. The molecule has 0 rings (SSSR count). The Labute approximate surface area is 97.6 Å². The minimum atomic E-state index is -0.739. The smallest absolute Gasteiger partial charge is 0.306 e. The van der Waals surface area contributed by atoms with Crippen LogP contribution in [0.2, 0.25) is 0 Å². The van der Waals surface area contributed by atoms with E-state index in [0.717, 1.165) is 32.4 Å². The van der Waals surface area contributed by atoms with Gasteiger partial charge in [0.25, 0.3) is 0 Å². The lowest BCUT2D eigenvalue weighted by Crippen LogP contribution is -2.30. The Morgan fingerprint density at radius 1 is 1.25 bits per heavy atom. The van der Waals surface area contributed by atoms with Crippen LogP contribution in [-0.4, -0.2) is 35.0 Å². The van der Waals surface area contributed by atoms with Crippen LogP contribution in [0.15, 0.2) is 0 Å². The molecule has 0 fully saturated rings. The maximum atomic E-state index is 11.2. The summed E-state index contributed by atoms with van der Waals surface area (Å²) < 4.78 is 0. The third-order valence-corrected chi connectivity index (χ3v) is 2.68. The third kappa shape index (κ3) is 6.43. The van der Waals surface area contributed by atoms with Crippen molar-refractivity contribution >= 4 is 11.9 Å². The second-order valence-corrected chi connectivity index (χ2v) is 4.24. The molecule has 1 atom stereocenters. The van der Waals surface area contributed by atoms with Gasteiger partial charge < -0.3 is 10.0 Å². The van der Waals surface area contributed by atoms with E-state index in [1.54, 1.807) is 13.8 Å². The number of hydrogen-bond acceptors (Lipinski definition) is 2. The number of carbonyl (C=O) groups excluding carboxylic acids is 1. The lowest BCUT2D eigenvalue weighted by molar-refractivity contribution is -0.141. The summed E-state index contributed by atoms with van der Waals surface area (Å²) in [5.74, 6) is -0.915. The van der Waals surface area contributed by atoms with E-state index in [0.29, 0.717) is 6.42 Å². The quantitative estimate of drug-likeness (QED) is 0.649. The number of carbonyl (C=O) groups is 2. The second kappa shape index (κ2) is 8.13. The standard InChI is InChI=1S/C12H23NO3/c1-4-8-13(11(3)14)9-6-5-7-10(2)12(15)16/h10H,4-9H2,1-3H3,(H,15,16). The minimum absolute atomic E-state index is 0.105. The first-order valence-corrected chi connectivity index (χ1v) is 5.97. The molecule has 0 radical (unpaired) electrons. The van der Waals surface area contributed by atoms with Gasteiger partial charge >= 0.3 is 5.97 Å². The fourth-order valence-electron chi connectivity index (χ4n) is 1.57. The van der Waals surface area contributed by atoms with Crippen molar-refractivity contribution in [2.24, 2.45) is 5.92 Å². The highest BCUT2D eigenvalue weighted by molar-refractivity contribution is 5.73. The first-order valence-electron chi connectivity index (χ1n) is 5.97. The van der Waals surface area contributed by atoms with Crippen LogP contribution in [0.1, 0.15) is 46.5 Å². The van der Waals surface area contributed by atoms with Crippen LogP contribution in [-0.2, 0) is 9.59 Å². The topological polar surface area (TPSA) is 57.6 Å². The number of carboxylic acid groups (broad SMARTS) is 1. The van der Waals surface area contributed by atoms with Crippen molar-refractivity contribution in [3.63, 3.8) is 0 Å². The Morgan fingerprint density at radius 3 is 2.31 bits per heavy atom. The summed E-state index contributed by atoms with van der Waals surface area (Å²) in [5.41, 5.74) is 0. The van der Waals surface area contributed by atoms with Gasteiger partial charge in [0.05, 0.1) is 5.92 Å². The second-order valence-electron chi connectivity index (χ2n) is 4.24. The number of unbranched alkanes of at least 4 members (excludes halogenated alkanes) is 1. The zero-order valence-corrected chi connectivity index (χ0v) is 10.5. The third-order valence-electron chi connectivity index (χ3n) is 2.68. The van der Waals surface area contributed by atoms with E-state index in [1.807, 2.05) is 11.8 Å². The first kappa shape index (κ1) is 14.9. The molecule has 0 aliphatic heterocycles. The average molecular weight is 229 g/mol. The Hall–Kier alpha value is -1.06. The summed E-state index contributed by atoms with van der Waals surface area (Å²) in [4.78, 5) is 23.6. The molecule has 1 unspecified atom stereocenters. The molecule has 0 aromatic heterocycles. The van der Waals surface area contributed by atoms with Gasteiger partial charge in [0.15, 0.2) is 0 Å². The number of hydrogen-bond donors (Lipinski definition) is 1. The van der Waals surface area contributed by atoms with E-state index in [9.17, 15) is 9.59 Å². The Morgan fingerprint density at radius 2 is 1.88 bits per heavy atom. The molecule has 16 heavy (non-hydrogen) atoms. The van der Waals surface area contributed by atoms with Crippen LogP contribution < -0.4 is 0 Å². The lowest BCUT2D eigenvalue weighted by Gasteiger charge is -2.20. The van der Waals surface area contributed by atoms with Gasteiger partial charge in [0.1, 0.15) is 0 Å². The summed E-state index contributed by atoms with van der Waals surface area (Å²) in [6.07, 6.45) is 3.40. The molecule has 1 amide bonds. The molecule has 0 aromatic rings. The molecule has 94 valence electrons. The summed E-state index contributed by atoms with van der Waals surface area (Å²) in [7, 11) is 0. The Bertz CT molecular complexity index is 228. The van der Waals surface area contributed by atoms with Crippen molar-refractivity contribution in [2.75, 3.05) is 13.1 Å². The molecule has 0 spiro atoms. The van der Waals surface area contributed by atoms with Gasteiger partial charge in [-0.15, -0.1) is 0 Å².